The van der Waals surface area contributed by atoms with E-state index in [2.05, 4.69) is 24.3 Å². The second-order valence-corrected chi connectivity index (χ2v) is 6.90. The van der Waals surface area contributed by atoms with Gasteiger partial charge in [-0.25, -0.2) is 0 Å². The Kier molecular flexibility index (Phi) is 5.29. The normalized spacial score (nSPS) is 18.0. The van der Waals surface area contributed by atoms with E-state index < -0.39 is 0 Å². The summed E-state index contributed by atoms with van der Waals surface area (Å²) in [6.07, 6.45) is 1.24. The van der Waals surface area contributed by atoms with Crippen LogP contribution in [0.1, 0.15) is 34.9 Å². The first-order chi connectivity index (χ1) is 13.8. The number of phenolic OH excluding ortho intramolecular Hbond substituents is 1. The maximum absolute atomic E-state index is 10.5. The minimum atomic E-state index is 0.107. The topological polar surface area (TPSA) is 55.8 Å². The van der Waals surface area contributed by atoms with E-state index >= 15 is 0 Å². The summed E-state index contributed by atoms with van der Waals surface area (Å²) in [5.41, 5.74) is 3.44. The molecule has 0 aliphatic carbocycles. The van der Waals surface area contributed by atoms with Crippen molar-refractivity contribution in [1.82, 2.24) is 0 Å². The van der Waals surface area contributed by atoms with Crippen molar-refractivity contribution < 1.29 is 19.4 Å². The largest absolute Gasteiger partial charge is 0.508 e. The number of phenols is 1. The third-order valence-corrected chi connectivity index (χ3v) is 5.12. The fourth-order valence-corrected chi connectivity index (χ4v) is 3.79. The maximum atomic E-state index is 10.5. The van der Waals surface area contributed by atoms with Gasteiger partial charge in [0.2, 0.25) is 0 Å². The SMILES string of the molecule is O=CCCOc1ccc([C@@H]2c3ccc(O)cc3OC[C@@H]2c2ccccc2)cc1. The molecule has 3 aromatic rings. The van der Waals surface area contributed by atoms with Crippen molar-refractivity contribution in [1.29, 1.82) is 0 Å². The number of ether oxygens (including phenoxy) is 2. The van der Waals surface area contributed by atoms with E-state index in [1.165, 1.54) is 5.56 Å². The Labute approximate surface area is 164 Å². The highest BCUT2D eigenvalue weighted by Crippen LogP contribution is 2.47. The number of fused-ring (bicyclic) bond motifs is 1. The summed E-state index contributed by atoms with van der Waals surface area (Å²) in [5.74, 6) is 1.95. The smallest absolute Gasteiger partial charge is 0.126 e. The number of rotatable bonds is 6. The van der Waals surface area contributed by atoms with E-state index in [4.69, 9.17) is 9.47 Å². The number of aldehydes is 1. The first kappa shape index (κ1) is 18.1. The first-order valence-electron chi connectivity index (χ1n) is 9.43. The highest BCUT2D eigenvalue weighted by Gasteiger charge is 2.33. The van der Waals surface area contributed by atoms with Crippen LogP contribution >= 0.6 is 0 Å². The Balaban J connectivity index is 1.70. The van der Waals surface area contributed by atoms with Crippen LogP contribution in [0.25, 0.3) is 0 Å². The zero-order valence-corrected chi connectivity index (χ0v) is 15.5. The molecule has 0 aromatic heterocycles. The van der Waals surface area contributed by atoms with Gasteiger partial charge < -0.3 is 19.4 Å². The lowest BCUT2D eigenvalue weighted by Gasteiger charge is -2.34. The Morgan fingerprint density at radius 3 is 2.54 bits per heavy atom. The number of benzene rings is 3. The summed E-state index contributed by atoms with van der Waals surface area (Å²) in [4.78, 5) is 10.5. The van der Waals surface area contributed by atoms with Crippen LogP contribution in [-0.2, 0) is 4.79 Å². The van der Waals surface area contributed by atoms with Gasteiger partial charge in [-0.05, 0) is 29.3 Å². The van der Waals surface area contributed by atoms with Gasteiger partial charge in [0.1, 0.15) is 23.5 Å². The van der Waals surface area contributed by atoms with Crippen LogP contribution in [0.15, 0.2) is 72.8 Å². The monoisotopic (exact) mass is 374 g/mol. The summed E-state index contributed by atoms with van der Waals surface area (Å²) in [6, 6.07) is 23.7. The van der Waals surface area contributed by atoms with Crippen LogP contribution in [0.4, 0.5) is 0 Å². The zero-order chi connectivity index (χ0) is 19.3. The molecule has 0 saturated carbocycles. The van der Waals surface area contributed by atoms with Gasteiger partial charge in [0.15, 0.2) is 0 Å². The summed E-state index contributed by atoms with van der Waals surface area (Å²) in [5, 5.41) is 9.85. The van der Waals surface area contributed by atoms with E-state index in [-0.39, 0.29) is 17.6 Å². The molecule has 1 aliphatic heterocycles. The standard InChI is InChI=1S/C24H22O4/c25-13-4-14-27-20-10-7-18(8-11-20)24-21-12-9-19(26)15-23(21)28-16-22(24)17-5-2-1-3-6-17/h1-3,5-13,15,22,24,26H,4,14,16H2/t22-,24-/m1/s1. The lowest BCUT2D eigenvalue weighted by Crippen LogP contribution is -2.25. The molecule has 0 saturated heterocycles. The van der Waals surface area contributed by atoms with Gasteiger partial charge in [-0.2, -0.15) is 0 Å². The van der Waals surface area contributed by atoms with E-state index in [9.17, 15) is 9.90 Å². The van der Waals surface area contributed by atoms with Crippen LogP contribution < -0.4 is 9.47 Å². The Hall–Kier alpha value is -3.27. The molecule has 0 radical (unpaired) electrons. The molecule has 1 aliphatic rings. The summed E-state index contributed by atoms with van der Waals surface area (Å²) < 4.78 is 11.6. The fourth-order valence-electron chi connectivity index (χ4n) is 3.79. The molecule has 0 fully saturated rings. The third-order valence-electron chi connectivity index (χ3n) is 5.12. The molecule has 4 nitrogen and oxygen atoms in total. The fraction of sp³-hybridized carbons (Fsp3) is 0.208. The van der Waals surface area contributed by atoms with Crippen LogP contribution in [0.3, 0.4) is 0 Å². The number of aromatic hydroxyl groups is 1. The van der Waals surface area contributed by atoms with E-state index in [0.717, 1.165) is 28.9 Å². The molecule has 1 N–H and O–H groups in total. The van der Waals surface area contributed by atoms with Crippen LogP contribution in [-0.4, -0.2) is 24.6 Å². The van der Waals surface area contributed by atoms with Gasteiger partial charge >= 0.3 is 0 Å². The molecule has 28 heavy (non-hydrogen) atoms. The van der Waals surface area contributed by atoms with Crippen molar-refractivity contribution in [3.63, 3.8) is 0 Å². The molecule has 0 amide bonds. The van der Waals surface area contributed by atoms with Gasteiger partial charge in [-0.3, -0.25) is 0 Å². The molecule has 3 aromatic carbocycles. The van der Waals surface area contributed by atoms with Gasteiger partial charge in [-0.15, -0.1) is 0 Å². The van der Waals surface area contributed by atoms with Crippen molar-refractivity contribution in [2.75, 3.05) is 13.2 Å². The Morgan fingerprint density at radius 1 is 1.00 bits per heavy atom. The van der Waals surface area contributed by atoms with Gasteiger partial charge in [0, 0.05) is 29.9 Å². The van der Waals surface area contributed by atoms with E-state index in [0.29, 0.717) is 19.6 Å². The predicted molar refractivity (Wildman–Crippen MR) is 107 cm³/mol. The number of hydrogen-bond acceptors (Lipinski definition) is 4. The molecule has 142 valence electrons. The van der Waals surface area contributed by atoms with Crippen molar-refractivity contribution in [2.45, 2.75) is 18.3 Å². The van der Waals surface area contributed by atoms with Crippen molar-refractivity contribution >= 4 is 6.29 Å². The molecule has 0 bridgehead atoms. The van der Waals surface area contributed by atoms with Gasteiger partial charge in [-0.1, -0.05) is 48.5 Å². The van der Waals surface area contributed by atoms with Gasteiger partial charge in [0.05, 0.1) is 13.2 Å². The molecule has 0 unspecified atom stereocenters. The second kappa shape index (κ2) is 8.17. The minimum Gasteiger partial charge on any atom is -0.508 e. The Morgan fingerprint density at radius 2 is 1.79 bits per heavy atom. The molecule has 4 rings (SSSR count). The maximum Gasteiger partial charge on any atom is 0.126 e. The van der Waals surface area contributed by atoms with Crippen molar-refractivity contribution in [2.24, 2.45) is 0 Å². The third kappa shape index (κ3) is 3.72. The highest BCUT2D eigenvalue weighted by atomic mass is 16.5. The molecule has 2 atom stereocenters. The van der Waals surface area contributed by atoms with Crippen molar-refractivity contribution in [3.8, 4) is 17.2 Å². The number of carbonyl (C=O) groups is 1. The van der Waals surface area contributed by atoms with Crippen LogP contribution in [0, 0.1) is 0 Å². The van der Waals surface area contributed by atoms with E-state index in [1.54, 1.807) is 12.1 Å². The quantitative estimate of drug-likeness (QED) is 0.503. The molecule has 0 spiro atoms. The summed E-state index contributed by atoms with van der Waals surface area (Å²) in [7, 11) is 0. The molecular weight excluding hydrogens is 352 g/mol. The average molecular weight is 374 g/mol. The van der Waals surface area contributed by atoms with Gasteiger partial charge in [0.25, 0.3) is 0 Å². The number of hydrogen-bond donors (Lipinski definition) is 1. The zero-order valence-electron chi connectivity index (χ0n) is 15.5. The molecule has 1 heterocycles. The lowest BCUT2D eigenvalue weighted by molar-refractivity contribution is -0.108. The lowest BCUT2D eigenvalue weighted by atomic mass is 9.76. The van der Waals surface area contributed by atoms with Crippen molar-refractivity contribution in [3.05, 3.63) is 89.5 Å². The first-order valence-corrected chi connectivity index (χ1v) is 9.43. The molecule has 4 heteroatoms. The Bertz CT molecular complexity index is 935. The van der Waals surface area contributed by atoms with E-state index in [1.807, 2.05) is 36.4 Å². The number of carbonyl (C=O) groups excluding carboxylic acids is 1. The van der Waals surface area contributed by atoms with Crippen LogP contribution in [0.5, 0.6) is 17.2 Å². The summed E-state index contributed by atoms with van der Waals surface area (Å²) in [6.45, 7) is 0.928. The average Bonchev–Trinajstić information content (AvgIpc) is 2.74. The summed E-state index contributed by atoms with van der Waals surface area (Å²) >= 11 is 0. The minimum absolute atomic E-state index is 0.107. The second-order valence-electron chi connectivity index (χ2n) is 6.90. The molecular formula is C24H22O4. The highest BCUT2D eigenvalue weighted by molar-refractivity contribution is 5.51. The van der Waals surface area contributed by atoms with Crippen LogP contribution in [0.2, 0.25) is 0 Å². The predicted octanol–water partition coefficient (Wildman–Crippen LogP) is 4.67.